The zero-order valence-electron chi connectivity index (χ0n) is 14.7. The first-order chi connectivity index (χ1) is 13.1. The fourth-order valence-electron chi connectivity index (χ4n) is 3.59. The molecule has 1 saturated heterocycles. The minimum atomic E-state index is -3.50. The van der Waals surface area contributed by atoms with Crippen LogP contribution in [0, 0.1) is 0 Å². The van der Waals surface area contributed by atoms with Gasteiger partial charge in [0, 0.05) is 36.5 Å². The first-order valence-corrected chi connectivity index (χ1v) is 10.3. The monoisotopic (exact) mass is 383 g/mol. The molecule has 27 heavy (non-hydrogen) atoms. The van der Waals surface area contributed by atoms with Crippen molar-refractivity contribution in [3.05, 3.63) is 60.6 Å². The highest BCUT2D eigenvalue weighted by Gasteiger charge is 2.32. The normalized spacial score (nSPS) is 18.4. The van der Waals surface area contributed by atoms with E-state index in [0.717, 1.165) is 29.7 Å². The smallest absolute Gasteiger partial charge is 0.243 e. The van der Waals surface area contributed by atoms with E-state index >= 15 is 0 Å². The molecule has 1 aromatic carbocycles. The number of H-pyrrole nitrogens is 1. The molecule has 3 N–H and O–H groups in total. The largest absolute Gasteiger partial charge is 0.384 e. The summed E-state index contributed by atoms with van der Waals surface area (Å²) in [5.74, 6) is 0.487. The van der Waals surface area contributed by atoms with Crippen molar-refractivity contribution >= 4 is 15.8 Å². The van der Waals surface area contributed by atoms with Crippen LogP contribution in [0.1, 0.15) is 24.5 Å². The predicted octanol–water partition coefficient (Wildman–Crippen LogP) is 2.62. The SMILES string of the molecule is Nc1cc(-c2cn[nH]c2[C@H]2CCCN(S(=O)(=O)c3ccccc3)C2)ccn1. The molecule has 0 saturated carbocycles. The summed E-state index contributed by atoms with van der Waals surface area (Å²) in [6.07, 6.45) is 5.12. The van der Waals surface area contributed by atoms with E-state index in [0.29, 0.717) is 23.8 Å². The first kappa shape index (κ1) is 17.7. The molecule has 0 bridgehead atoms. The lowest BCUT2D eigenvalue weighted by Crippen LogP contribution is -2.39. The molecule has 0 amide bonds. The maximum atomic E-state index is 13.0. The van der Waals surface area contributed by atoms with Crippen molar-refractivity contribution in [1.29, 1.82) is 0 Å². The predicted molar refractivity (Wildman–Crippen MR) is 103 cm³/mol. The van der Waals surface area contributed by atoms with E-state index in [1.165, 1.54) is 0 Å². The average Bonchev–Trinajstić information content (AvgIpc) is 3.19. The highest BCUT2D eigenvalue weighted by atomic mass is 32.2. The summed E-state index contributed by atoms with van der Waals surface area (Å²) in [5.41, 5.74) is 8.61. The van der Waals surface area contributed by atoms with Gasteiger partial charge >= 0.3 is 0 Å². The van der Waals surface area contributed by atoms with Gasteiger partial charge < -0.3 is 5.73 Å². The Bertz CT molecular complexity index is 1030. The molecule has 140 valence electrons. The third-order valence-corrected chi connectivity index (χ3v) is 6.81. The van der Waals surface area contributed by atoms with Crippen LogP contribution < -0.4 is 5.73 Å². The minimum Gasteiger partial charge on any atom is -0.384 e. The van der Waals surface area contributed by atoms with Crippen molar-refractivity contribution in [2.45, 2.75) is 23.7 Å². The molecule has 0 unspecified atom stereocenters. The quantitative estimate of drug-likeness (QED) is 0.720. The lowest BCUT2D eigenvalue weighted by atomic mass is 9.92. The van der Waals surface area contributed by atoms with E-state index in [1.54, 1.807) is 47.0 Å². The van der Waals surface area contributed by atoms with Crippen LogP contribution in [0.2, 0.25) is 0 Å². The fourth-order valence-corrected chi connectivity index (χ4v) is 5.14. The van der Waals surface area contributed by atoms with Crippen LogP contribution in [0.25, 0.3) is 11.1 Å². The topological polar surface area (TPSA) is 105 Å². The summed E-state index contributed by atoms with van der Waals surface area (Å²) < 4.78 is 27.5. The van der Waals surface area contributed by atoms with Crippen LogP contribution >= 0.6 is 0 Å². The molecule has 7 nitrogen and oxygen atoms in total. The third kappa shape index (κ3) is 3.45. The lowest BCUT2D eigenvalue weighted by molar-refractivity contribution is 0.313. The number of benzene rings is 1. The van der Waals surface area contributed by atoms with Gasteiger partial charge in [0.05, 0.1) is 11.1 Å². The van der Waals surface area contributed by atoms with Gasteiger partial charge in [-0.15, -0.1) is 0 Å². The standard InChI is InChI=1S/C19H21N5O2S/c20-18-11-14(8-9-21-18)17-12-22-23-19(17)15-5-4-10-24(13-15)27(25,26)16-6-2-1-3-7-16/h1-3,6-9,11-12,15H,4-5,10,13H2,(H2,20,21)(H,22,23)/t15-/m0/s1. The maximum Gasteiger partial charge on any atom is 0.243 e. The van der Waals surface area contributed by atoms with E-state index in [2.05, 4.69) is 15.2 Å². The van der Waals surface area contributed by atoms with Crippen molar-refractivity contribution in [3.63, 3.8) is 0 Å². The van der Waals surface area contributed by atoms with Crippen molar-refractivity contribution in [2.24, 2.45) is 0 Å². The van der Waals surface area contributed by atoms with Crippen molar-refractivity contribution < 1.29 is 8.42 Å². The van der Waals surface area contributed by atoms with E-state index in [4.69, 9.17) is 5.73 Å². The van der Waals surface area contributed by atoms with Crippen LogP contribution in [0.4, 0.5) is 5.82 Å². The van der Waals surface area contributed by atoms with Crippen molar-refractivity contribution in [2.75, 3.05) is 18.8 Å². The fraction of sp³-hybridized carbons (Fsp3) is 0.263. The van der Waals surface area contributed by atoms with Crippen LogP contribution in [0.5, 0.6) is 0 Å². The Hall–Kier alpha value is -2.71. The molecule has 0 spiro atoms. The van der Waals surface area contributed by atoms with Crippen molar-refractivity contribution in [1.82, 2.24) is 19.5 Å². The number of hydrogen-bond donors (Lipinski definition) is 2. The molecule has 4 rings (SSSR count). The second-order valence-corrected chi connectivity index (χ2v) is 8.62. The number of hydrogen-bond acceptors (Lipinski definition) is 5. The van der Waals surface area contributed by atoms with Crippen LogP contribution in [0.3, 0.4) is 0 Å². The Morgan fingerprint density at radius 1 is 1.19 bits per heavy atom. The summed E-state index contributed by atoms with van der Waals surface area (Å²) >= 11 is 0. The van der Waals surface area contributed by atoms with Crippen LogP contribution in [0.15, 0.2) is 59.8 Å². The summed E-state index contributed by atoms with van der Waals surface area (Å²) in [4.78, 5) is 4.36. The second-order valence-electron chi connectivity index (χ2n) is 6.68. The van der Waals surface area contributed by atoms with Crippen LogP contribution in [-0.2, 0) is 10.0 Å². The Kier molecular flexibility index (Phi) is 4.67. The molecular formula is C19H21N5O2S. The van der Waals surface area contributed by atoms with Crippen molar-refractivity contribution in [3.8, 4) is 11.1 Å². The number of aromatic nitrogens is 3. The average molecular weight is 383 g/mol. The van der Waals surface area contributed by atoms with Gasteiger partial charge in [-0.3, -0.25) is 5.10 Å². The van der Waals surface area contributed by atoms with E-state index in [9.17, 15) is 8.42 Å². The van der Waals surface area contributed by atoms with Gasteiger partial charge in [-0.1, -0.05) is 18.2 Å². The first-order valence-electron chi connectivity index (χ1n) is 8.86. The Balaban J connectivity index is 1.63. The Morgan fingerprint density at radius 2 is 2.00 bits per heavy atom. The van der Waals surface area contributed by atoms with Gasteiger partial charge in [-0.25, -0.2) is 13.4 Å². The van der Waals surface area contributed by atoms with Crippen LogP contribution in [-0.4, -0.2) is 41.0 Å². The molecule has 1 aliphatic rings. The van der Waals surface area contributed by atoms with Gasteiger partial charge in [0.25, 0.3) is 0 Å². The summed E-state index contributed by atoms with van der Waals surface area (Å²) in [7, 11) is -3.50. The second kappa shape index (κ2) is 7.13. The number of nitrogens with one attached hydrogen (secondary N) is 1. The number of sulfonamides is 1. The van der Waals surface area contributed by atoms with E-state index in [-0.39, 0.29) is 5.92 Å². The van der Waals surface area contributed by atoms with E-state index in [1.807, 2.05) is 12.1 Å². The number of piperidine rings is 1. The molecule has 1 atom stereocenters. The molecule has 2 aromatic heterocycles. The van der Waals surface area contributed by atoms with Gasteiger partial charge in [0.2, 0.25) is 10.0 Å². The number of nitrogen functional groups attached to an aromatic ring is 1. The zero-order valence-corrected chi connectivity index (χ0v) is 15.6. The zero-order chi connectivity index (χ0) is 18.9. The van der Waals surface area contributed by atoms with Gasteiger partial charge in [-0.2, -0.15) is 9.40 Å². The number of aromatic amines is 1. The highest BCUT2D eigenvalue weighted by Crippen LogP contribution is 2.34. The van der Waals surface area contributed by atoms with Gasteiger partial charge in [0.15, 0.2) is 0 Å². The maximum absolute atomic E-state index is 13.0. The van der Waals surface area contributed by atoms with Gasteiger partial charge in [-0.05, 0) is 42.7 Å². The summed E-state index contributed by atoms with van der Waals surface area (Å²) in [6, 6.07) is 12.3. The summed E-state index contributed by atoms with van der Waals surface area (Å²) in [6.45, 7) is 0.951. The minimum absolute atomic E-state index is 0.0455. The molecular weight excluding hydrogens is 362 g/mol. The molecule has 8 heteroatoms. The number of anilines is 1. The highest BCUT2D eigenvalue weighted by molar-refractivity contribution is 7.89. The number of nitrogens with zero attached hydrogens (tertiary/aromatic N) is 3. The Morgan fingerprint density at radius 3 is 2.78 bits per heavy atom. The number of pyridine rings is 1. The molecule has 0 radical (unpaired) electrons. The molecule has 1 fully saturated rings. The Labute approximate surface area is 158 Å². The summed E-state index contributed by atoms with van der Waals surface area (Å²) in [5, 5.41) is 7.27. The lowest BCUT2D eigenvalue weighted by Gasteiger charge is -2.32. The van der Waals surface area contributed by atoms with Gasteiger partial charge in [0.1, 0.15) is 5.82 Å². The molecule has 1 aliphatic heterocycles. The number of nitrogens with two attached hydrogens (primary N) is 1. The number of rotatable bonds is 4. The molecule has 3 aromatic rings. The van der Waals surface area contributed by atoms with E-state index < -0.39 is 10.0 Å². The molecule has 0 aliphatic carbocycles. The molecule has 3 heterocycles. The third-order valence-electron chi connectivity index (χ3n) is 4.93.